The Morgan fingerprint density at radius 3 is 2.72 bits per heavy atom. The lowest BCUT2D eigenvalue weighted by Crippen LogP contribution is -2.46. The van der Waals surface area contributed by atoms with E-state index in [9.17, 15) is 4.79 Å². The molecule has 1 saturated carbocycles. The third-order valence-electron chi connectivity index (χ3n) is 3.57. The number of amides is 1. The molecule has 0 bridgehead atoms. The van der Waals surface area contributed by atoms with Crippen LogP contribution in [0.4, 0.5) is 0 Å². The standard InChI is InChI=1S/C13H20N2OS2/c1-9-8-18-12(14-9)13(6-4-5-7-13)15-11(16)10(2)17-3/h8,10H,4-7H2,1-3H3,(H,15,16)/t10-/m0/s1. The van der Waals surface area contributed by atoms with Gasteiger partial charge in [-0.15, -0.1) is 11.3 Å². The van der Waals surface area contributed by atoms with E-state index in [0.29, 0.717) is 0 Å². The molecule has 1 N–H and O–H groups in total. The Kier molecular flexibility index (Phi) is 4.33. The van der Waals surface area contributed by atoms with Crippen LogP contribution in [0.25, 0.3) is 0 Å². The summed E-state index contributed by atoms with van der Waals surface area (Å²) in [6.07, 6.45) is 6.36. The lowest BCUT2D eigenvalue weighted by atomic mass is 9.98. The molecule has 0 radical (unpaired) electrons. The van der Waals surface area contributed by atoms with Crippen molar-refractivity contribution in [3.8, 4) is 0 Å². The number of thioether (sulfide) groups is 1. The zero-order valence-corrected chi connectivity index (χ0v) is 12.8. The number of nitrogens with zero attached hydrogens (tertiary/aromatic N) is 1. The first-order valence-electron chi connectivity index (χ1n) is 6.35. The number of thiazole rings is 1. The molecular weight excluding hydrogens is 264 g/mol. The summed E-state index contributed by atoms with van der Waals surface area (Å²) in [7, 11) is 0. The van der Waals surface area contributed by atoms with Crippen LogP contribution < -0.4 is 5.32 Å². The Morgan fingerprint density at radius 2 is 2.22 bits per heavy atom. The van der Waals surface area contributed by atoms with Gasteiger partial charge in [0.25, 0.3) is 0 Å². The number of hydrogen-bond acceptors (Lipinski definition) is 4. The molecule has 100 valence electrons. The van der Waals surface area contributed by atoms with Gasteiger partial charge in [0.15, 0.2) is 0 Å². The predicted octanol–water partition coefficient (Wildman–Crippen LogP) is 3.09. The highest BCUT2D eigenvalue weighted by atomic mass is 32.2. The van der Waals surface area contributed by atoms with E-state index in [-0.39, 0.29) is 16.7 Å². The van der Waals surface area contributed by atoms with E-state index in [1.165, 1.54) is 12.8 Å². The zero-order valence-electron chi connectivity index (χ0n) is 11.2. The highest BCUT2D eigenvalue weighted by molar-refractivity contribution is 7.99. The molecule has 1 aromatic rings. The largest absolute Gasteiger partial charge is 0.343 e. The van der Waals surface area contributed by atoms with Crippen LogP contribution in [0.3, 0.4) is 0 Å². The fourth-order valence-corrected chi connectivity index (χ4v) is 3.67. The summed E-state index contributed by atoms with van der Waals surface area (Å²) in [5.74, 6) is 0.136. The molecule has 18 heavy (non-hydrogen) atoms. The van der Waals surface area contributed by atoms with Gasteiger partial charge in [-0.25, -0.2) is 4.98 Å². The SMILES string of the molecule is CS[C@@H](C)C(=O)NC1(c2nc(C)cs2)CCCC1. The van der Waals surface area contributed by atoms with Crippen molar-refractivity contribution in [1.29, 1.82) is 0 Å². The zero-order chi connectivity index (χ0) is 13.2. The number of carbonyl (C=O) groups excluding carboxylic acids is 1. The summed E-state index contributed by atoms with van der Waals surface area (Å²) < 4.78 is 0. The molecule has 1 heterocycles. The second kappa shape index (κ2) is 5.61. The maximum absolute atomic E-state index is 12.2. The lowest BCUT2D eigenvalue weighted by Gasteiger charge is -2.29. The molecule has 3 nitrogen and oxygen atoms in total. The van der Waals surface area contributed by atoms with Gasteiger partial charge in [-0.1, -0.05) is 12.8 Å². The van der Waals surface area contributed by atoms with E-state index in [1.54, 1.807) is 23.1 Å². The minimum atomic E-state index is -0.194. The molecule has 0 aliphatic heterocycles. The maximum atomic E-state index is 12.2. The third-order valence-corrected chi connectivity index (χ3v) is 5.66. The van der Waals surface area contributed by atoms with Gasteiger partial charge in [-0.2, -0.15) is 11.8 Å². The average Bonchev–Trinajstić information content (AvgIpc) is 2.98. The van der Waals surface area contributed by atoms with Crippen molar-refractivity contribution >= 4 is 29.0 Å². The second-order valence-electron chi connectivity index (χ2n) is 4.95. The lowest BCUT2D eigenvalue weighted by molar-refractivity contribution is -0.122. The Morgan fingerprint density at radius 1 is 1.56 bits per heavy atom. The van der Waals surface area contributed by atoms with E-state index in [2.05, 4.69) is 15.7 Å². The van der Waals surface area contributed by atoms with Gasteiger partial charge in [0.1, 0.15) is 5.01 Å². The quantitative estimate of drug-likeness (QED) is 0.924. The Hall–Kier alpha value is -0.550. The molecule has 5 heteroatoms. The van der Waals surface area contributed by atoms with Gasteiger partial charge in [0.2, 0.25) is 5.91 Å². The molecule has 0 saturated heterocycles. The molecule has 1 amide bonds. The number of hydrogen-bond donors (Lipinski definition) is 1. The molecule has 0 unspecified atom stereocenters. The fraction of sp³-hybridized carbons (Fsp3) is 0.692. The number of rotatable bonds is 4. The molecule has 1 aliphatic rings. The van der Waals surface area contributed by atoms with Crippen molar-refractivity contribution in [2.45, 2.75) is 50.3 Å². The van der Waals surface area contributed by atoms with Crippen molar-refractivity contribution in [3.05, 3.63) is 16.1 Å². The van der Waals surface area contributed by atoms with Crippen LogP contribution in [0.15, 0.2) is 5.38 Å². The Labute approximate surface area is 117 Å². The van der Waals surface area contributed by atoms with E-state index in [0.717, 1.165) is 23.5 Å². The van der Waals surface area contributed by atoms with Crippen molar-refractivity contribution in [2.24, 2.45) is 0 Å². The molecule has 1 aromatic heterocycles. The smallest absolute Gasteiger partial charge is 0.233 e. The first-order valence-corrected chi connectivity index (χ1v) is 8.51. The monoisotopic (exact) mass is 284 g/mol. The van der Waals surface area contributed by atoms with Gasteiger partial charge in [-0.05, 0) is 32.9 Å². The number of nitrogens with one attached hydrogen (secondary N) is 1. The van der Waals surface area contributed by atoms with E-state index < -0.39 is 0 Å². The van der Waals surface area contributed by atoms with Crippen molar-refractivity contribution < 1.29 is 4.79 Å². The van der Waals surface area contributed by atoms with Crippen molar-refractivity contribution in [3.63, 3.8) is 0 Å². The van der Waals surface area contributed by atoms with E-state index >= 15 is 0 Å². The van der Waals surface area contributed by atoms with Crippen molar-refractivity contribution in [2.75, 3.05) is 6.26 Å². The van der Waals surface area contributed by atoms with Crippen LogP contribution in [0.2, 0.25) is 0 Å². The Bertz CT molecular complexity index is 424. The number of carbonyl (C=O) groups is 1. The Balaban J connectivity index is 2.20. The van der Waals surface area contributed by atoms with Gasteiger partial charge in [0.05, 0.1) is 10.8 Å². The van der Waals surface area contributed by atoms with E-state index in [4.69, 9.17) is 0 Å². The van der Waals surface area contributed by atoms with Crippen molar-refractivity contribution in [1.82, 2.24) is 10.3 Å². The summed E-state index contributed by atoms with van der Waals surface area (Å²) >= 11 is 3.26. The highest BCUT2D eigenvalue weighted by Crippen LogP contribution is 2.40. The summed E-state index contributed by atoms with van der Waals surface area (Å²) in [6.45, 7) is 3.96. The van der Waals surface area contributed by atoms with Crippen LogP contribution in [-0.4, -0.2) is 22.4 Å². The minimum Gasteiger partial charge on any atom is -0.343 e. The number of aryl methyl sites for hydroxylation is 1. The maximum Gasteiger partial charge on any atom is 0.233 e. The first kappa shape index (κ1) is 13.9. The summed E-state index contributed by atoms with van der Waals surface area (Å²) in [6, 6.07) is 0. The topological polar surface area (TPSA) is 42.0 Å². The van der Waals surface area contributed by atoms with Crippen LogP contribution in [0.5, 0.6) is 0 Å². The van der Waals surface area contributed by atoms with Gasteiger partial charge >= 0.3 is 0 Å². The molecule has 1 aliphatic carbocycles. The molecular formula is C13H20N2OS2. The summed E-state index contributed by atoms with van der Waals surface area (Å²) in [4.78, 5) is 16.8. The van der Waals surface area contributed by atoms with Gasteiger partial charge in [-0.3, -0.25) is 4.79 Å². The normalized spacial score (nSPS) is 19.7. The second-order valence-corrected chi connectivity index (χ2v) is 6.99. The number of aromatic nitrogens is 1. The molecule has 2 rings (SSSR count). The van der Waals surface area contributed by atoms with Crippen LogP contribution in [-0.2, 0) is 10.3 Å². The highest BCUT2D eigenvalue weighted by Gasteiger charge is 2.40. The minimum absolute atomic E-state index is 0.00327. The fourth-order valence-electron chi connectivity index (χ4n) is 2.39. The van der Waals surface area contributed by atoms with Crippen LogP contribution >= 0.6 is 23.1 Å². The van der Waals surface area contributed by atoms with E-state index in [1.807, 2.05) is 20.1 Å². The third kappa shape index (κ3) is 2.72. The van der Waals surface area contributed by atoms with Crippen LogP contribution in [0, 0.1) is 6.92 Å². The average molecular weight is 284 g/mol. The summed E-state index contributed by atoms with van der Waals surface area (Å²) in [5.41, 5.74) is 0.855. The molecule has 0 spiro atoms. The first-order chi connectivity index (χ1) is 8.57. The predicted molar refractivity (Wildman–Crippen MR) is 78.1 cm³/mol. The van der Waals surface area contributed by atoms with Gasteiger partial charge in [0, 0.05) is 11.1 Å². The molecule has 0 aromatic carbocycles. The molecule has 1 fully saturated rings. The van der Waals surface area contributed by atoms with Gasteiger partial charge < -0.3 is 5.32 Å². The molecule has 1 atom stereocenters. The van der Waals surface area contributed by atoms with Crippen LogP contribution in [0.1, 0.15) is 43.3 Å². The summed E-state index contributed by atoms with van der Waals surface area (Å²) in [5, 5.41) is 6.42.